The van der Waals surface area contributed by atoms with Gasteiger partial charge in [0.15, 0.2) is 31.6 Å². The van der Waals surface area contributed by atoms with Gasteiger partial charge in [-0.15, -0.1) is 0 Å². The Hall–Kier alpha value is -0.953. The van der Waals surface area contributed by atoms with Gasteiger partial charge in [-0.2, -0.15) is 0 Å². The monoisotopic (exact) mass is 298 g/mol. The van der Waals surface area contributed by atoms with Crippen LogP contribution >= 0.6 is 0 Å². The zero-order chi connectivity index (χ0) is 14.8. The van der Waals surface area contributed by atoms with Gasteiger partial charge in [0, 0.05) is 12.2 Å². The van der Waals surface area contributed by atoms with Gasteiger partial charge in [-0.3, -0.25) is 0 Å². The minimum absolute atomic E-state index is 0.231. The molecule has 1 aromatic carbocycles. The van der Waals surface area contributed by atoms with Gasteiger partial charge in [-0.1, -0.05) is 0 Å². The van der Waals surface area contributed by atoms with Crippen molar-refractivity contribution in [3.8, 4) is 0 Å². The van der Waals surface area contributed by atoms with E-state index in [0.717, 1.165) is 0 Å². The molecule has 108 valence electrons. The molecule has 0 aliphatic rings. The van der Waals surface area contributed by atoms with E-state index in [9.17, 15) is 22.0 Å². The first-order valence-electron chi connectivity index (χ1n) is 5.85. The number of hydrogen-bond donors (Lipinski definition) is 0. The third-order valence-electron chi connectivity index (χ3n) is 2.81. The van der Waals surface area contributed by atoms with Crippen molar-refractivity contribution >= 4 is 8.32 Å². The maximum atomic E-state index is 13.4. The lowest BCUT2D eigenvalue weighted by Gasteiger charge is -2.22. The van der Waals surface area contributed by atoms with Crippen LogP contribution in [0.4, 0.5) is 22.0 Å². The van der Waals surface area contributed by atoms with Crippen molar-refractivity contribution in [2.75, 3.05) is 6.61 Å². The molecule has 19 heavy (non-hydrogen) atoms. The van der Waals surface area contributed by atoms with Crippen LogP contribution in [0.25, 0.3) is 0 Å². The zero-order valence-corrected chi connectivity index (χ0v) is 11.9. The van der Waals surface area contributed by atoms with E-state index in [1.165, 1.54) is 0 Å². The highest BCUT2D eigenvalue weighted by molar-refractivity contribution is 6.71. The molecule has 0 N–H and O–H groups in total. The SMILES string of the molecule is CCO[Si](C)(C)CCc1c(F)c(F)c(F)c(F)c1F. The van der Waals surface area contributed by atoms with Gasteiger partial charge in [0.1, 0.15) is 0 Å². The maximum absolute atomic E-state index is 13.4. The van der Waals surface area contributed by atoms with E-state index >= 15 is 0 Å². The average Bonchev–Trinajstić information content (AvgIpc) is 2.34. The van der Waals surface area contributed by atoms with Crippen LogP contribution in [0.3, 0.4) is 0 Å². The van der Waals surface area contributed by atoms with Crippen LogP contribution in [-0.2, 0) is 10.8 Å². The fourth-order valence-electron chi connectivity index (χ4n) is 1.76. The molecule has 1 aromatic rings. The topological polar surface area (TPSA) is 9.23 Å². The van der Waals surface area contributed by atoms with Crippen molar-refractivity contribution in [3.63, 3.8) is 0 Å². The van der Waals surface area contributed by atoms with Crippen molar-refractivity contribution in [3.05, 3.63) is 34.6 Å². The molecule has 0 amide bonds. The molecular formula is C12H15F5OSi. The highest BCUT2D eigenvalue weighted by Crippen LogP contribution is 2.26. The van der Waals surface area contributed by atoms with Gasteiger partial charge in [-0.25, -0.2) is 22.0 Å². The largest absolute Gasteiger partial charge is 0.418 e. The smallest absolute Gasteiger partial charge is 0.200 e. The number of rotatable bonds is 5. The summed E-state index contributed by atoms with van der Waals surface area (Å²) in [4.78, 5) is 0. The molecule has 0 unspecified atom stereocenters. The molecule has 0 aromatic heterocycles. The van der Waals surface area contributed by atoms with Crippen molar-refractivity contribution in [1.29, 1.82) is 0 Å². The standard InChI is InChI=1S/C12H15F5OSi/c1-4-18-19(2,3)6-5-7-8(13)10(15)12(17)11(16)9(7)14/h4-6H2,1-3H3. The van der Waals surface area contributed by atoms with Crippen LogP contribution in [0.1, 0.15) is 12.5 Å². The minimum Gasteiger partial charge on any atom is -0.418 e. The van der Waals surface area contributed by atoms with Gasteiger partial charge in [0.05, 0.1) is 0 Å². The number of benzene rings is 1. The van der Waals surface area contributed by atoms with Crippen LogP contribution in [0.5, 0.6) is 0 Å². The lowest BCUT2D eigenvalue weighted by Crippen LogP contribution is -2.31. The maximum Gasteiger partial charge on any atom is 0.200 e. The second-order valence-electron chi connectivity index (χ2n) is 4.74. The first-order valence-corrected chi connectivity index (χ1v) is 8.97. The summed E-state index contributed by atoms with van der Waals surface area (Å²) in [5.74, 6) is -9.43. The molecule has 0 heterocycles. The Labute approximate surface area is 109 Å². The molecule has 0 spiro atoms. The van der Waals surface area contributed by atoms with Crippen LogP contribution < -0.4 is 0 Å². The van der Waals surface area contributed by atoms with Crippen molar-refractivity contribution in [1.82, 2.24) is 0 Å². The van der Waals surface area contributed by atoms with E-state index in [-0.39, 0.29) is 12.5 Å². The summed E-state index contributed by atoms with van der Waals surface area (Å²) in [6, 6.07) is 0.277. The Morgan fingerprint density at radius 1 is 0.842 bits per heavy atom. The van der Waals surface area contributed by atoms with Gasteiger partial charge < -0.3 is 4.43 Å². The normalized spacial score (nSPS) is 12.0. The summed E-state index contributed by atoms with van der Waals surface area (Å²) < 4.78 is 71.1. The summed E-state index contributed by atoms with van der Waals surface area (Å²) >= 11 is 0. The van der Waals surface area contributed by atoms with E-state index < -0.39 is 43.0 Å². The van der Waals surface area contributed by atoms with Gasteiger partial charge in [0.2, 0.25) is 5.82 Å². The molecule has 0 radical (unpaired) electrons. The van der Waals surface area contributed by atoms with Crippen LogP contribution in [-0.4, -0.2) is 14.9 Å². The Bertz CT molecular complexity index is 447. The fourth-order valence-corrected chi connectivity index (χ4v) is 3.54. The molecule has 7 heteroatoms. The molecule has 1 nitrogen and oxygen atoms in total. The summed E-state index contributed by atoms with van der Waals surface area (Å²) in [5.41, 5.74) is -0.767. The van der Waals surface area contributed by atoms with Crippen molar-refractivity contribution in [2.45, 2.75) is 32.5 Å². The first-order chi connectivity index (χ1) is 8.71. The molecule has 0 aliphatic heterocycles. The second-order valence-corrected chi connectivity index (χ2v) is 9.05. The van der Waals surface area contributed by atoms with Gasteiger partial charge >= 0.3 is 0 Å². The highest BCUT2D eigenvalue weighted by atomic mass is 28.4. The third-order valence-corrected chi connectivity index (χ3v) is 5.34. The van der Waals surface area contributed by atoms with Crippen LogP contribution in [0.15, 0.2) is 0 Å². The minimum atomic E-state index is -2.15. The summed E-state index contributed by atoms with van der Waals surface area (Å²) in [5, 5.41) is 0. The van der Waals surface area contributed by atoms with E-state index in [2.05, 4.69) is 0 Å². The third kappa shape index (κ3) is 3.53. The van der Waals surface area contributed by atoms with E-state index in [0.29, 0.717) is 6.61 Å². The first kappa shape index (κ1) is 16.1. The van der Waals surface area contributed by atoms with E-state index in [1.807, 2.05) is 13.1 Å². The predicted molar refractivity (Wildman–Crippen MR) is 63.9 cm³/mol. The quantitative estimate of drug-likeness (QED) is 0.343. The van der Waals surface area contributed by atoms with Gasteiger partial charge in [-0.05, 0) is 32.5 Å². The Kier molecular flexibility index (Phi) is 5.09. The van der Waals surface area contributed by atoms with Crippen LogP contribution in [0, 0.1) is 29.1 Å². The molecule has 1 rings (SSSR count). The molecular weight excluding hydrogens is 283 g/mol. The van der Waals surface area contributed by atoms with E-state index in [4.69, 9.17) is 4.43 Å². The Balaban J connectivity index is 3.03. The number of halogens is 5. The van der Waals surface area contributed by atoms with Crippen LogP contribution in [0.2, 0.25) is 19.1 Å². The Morgan fingerprint density at radius 2 is 1.26 bits per heavy atom. The lowest BCUT2D eigenvalue weighted by atomic mass is 10.1. The highest BCUT2D eigenvalue weighted by Gasteiger charge is 2.28. The summed E-state index contributed by atoms with van der Waals surface area (Å²) in [6.07, 6.45) is -0.231. The molecule has 0 saturated carbocycles. The summed E-state index contributed by atoms with van der Waals surface area (Å²) in [6.45, 7) is 5.88. The average molecular weight is 298 g/mol. The molecule has 0 aliphatic carbocycles. The van der Waals surface area contributed by atoms with Gasteiger partial charge in [0.25, 0.3) is 0 Å². The lowest BCUT2D eigenvalue weighted by molar-refractivity contribution is 0.327. The molecule has 0 atom stereocenters. The predicted octanol–water partition coefficient (Wildman–Crippen LogP) is 4.17. The summed E-state index contributed by atoms with van der Waals surface area (Å²) in [7, 11) is -2.15. The zero-order valence-electron chi connectivity index (χ0n) is 10.9. The Morgan fingerprint density at radius 3 is 1.68 bits per heavy atom. The number of hydrogen-bond acceptors (Lipinski definition) is 1. The fraction of sp³-hybridized carbons (Fsp3) is 0.500. The van der Waals surface area contributed by atoms with Crippen molar-refractivity contribution < 1.29 is 26.4 Å². The molecule has 0 bridgehead atoms. The van der Waals surface area contributed by atoms with E-state index in [1.54, 1.807) is 6.92 Å². The van der Waals surface area contributed by atoms with Crippen molar-refractivity contribution in [2.24, 2.45) is 0 Å². The molecule has 0 saturated heterocycles. The molecule has 0 fully saturated rings. The second kappa shape index (κ2) is 6.00.